The van der Waals surface area contributed by atoms with E-state index in [2.05, 4.69) is 9.47 Å². The summed E-state index contributed by atoms with van der Waals surface area (Å²) in [4.78, 5) is 20.4. The van der Waals surface area contributed by atoms with Crippen molar-refractivity contribution < 1.29 is 38.1 Å². The number of rotatable bonds is 7. The van der Waals surface area contributed by atoms with Crippen LogP contribution in [-0.2, 0) is 19.1 Å². The van der Waals surface area contributed by atoms with E-state index < -0.39 is 24.5 Å². The van der Waals surface area contributed by atoms with E-state index in [1.54, 1.807) is 0 Å². The number of carboxylic acids is 1. The van der Waals surface area contributed by atoms with Crippen LogP contribution in [-0.4, -0.2) is 54.5 Å². The highest BCUT2D eigenvalue weighted by molar-refractivity contribution is 6.00. The fraction of sp³-hybridized carbons (Fsp3) is 0.714. The highest BCUT2D eigenvalue weighted by Crippen LogP contribution is 2.15. The molecule has 0 amide bonds. The first-order valence-corrected chi connectivity index (χ1v) is 3.90. The van der Waals surface area contributed by atoms with Crippen LogP contribution in [0.4, 0.5) is 8.78 Å². The molecule has 0 aliphatic carbocycles. The van der Waals surface area contributed by atoms with Gasteiger partial charge in [0.05, 0.1) is 19.8 Å². The van der Waals surface area contributed by atoms with Gasteiger partial charge in [-0.15, -0.1) is 0 Å². The van der Waals surface area contributed by atoms with Gasteiger partial charge < -0.3 is 19.7 Å². The summed E-state index contributed by atoms with van der Waals surface area (Å²) < 4.78 is 33.2. The van der Waals surface area contributed by atoms with Crippen LogP contribution in [0.3, 0.4) is 0 Å². The van der Waals surface area contributed by atoms with Crippen LogP contribution >= 0.6 is 0 Å². The van der Waals surface area contributed by atoms with E-state index in [1.165, 1.54) is 0 Å². The van der Waals surface area contributed by atoms with Gasteiger partial charge in [-0.2, -0.15) is 8.78 Å². The van der Waals surface area contributed by atoms with Crippen LogP contribution in [0.25, 0.3) is 0 Å². The van der Waals surface area contributed by atoms with Crippen molar-refractivity contribution in [3.05, 3.63) is 0 Å². The number of halogens is 2. The van der Waals surface area contributed by atoms with E-state index in [-0.39, 0.29) is 19.8 Å². The molecule has 88 valence electrons. The van der Waals surface area contributed by atoms with E-state index >= 15 is 0 Å². The lowest BCUT2D eigenvalue weighted by atomic mass is 10.3. The predicted octanol–water partition coefficient (Wildman–Crippen LogP) is -0.742. The number of carbonyl (C=O) groups is 2. The number of hydrogen-bond donors (Lipinski definition) is 2. The van der Waals surface area contributed by atoms with Crippen LogP contribution in [0.1, 0.15) is 0 Å². The predicted molar refractivity (Wildman–Crippen MR) is 41.4 cm³/mol. The molecular formula is C7H10F2O6. The minimum Gasteiger partial charge on any atom is -0.476 e. The van der Waals surface area contributed by atoms with Gasteiger partial charge in [-0.25, -0.2) is 9.59 Å². The molecule has 0 spiro atoms. The fourth-order valence-electron chi connectivity index (χ4n) is 0.538. The van der Waals surface area contributed by atoms with E-state index in [0.29, 0.717) is 0 Å². The Bertz CT molecular complexity index is 230. The lowest BCUT2D eigenvalue weighted by Crippen LogP contribution is -2.39. The first-order valence-electron chi connectivity index (χ1n) is 3.90. The van der Waals surface area contributed by atoms with Crippen molar-refractivity contribution in [1.82, 2.24) is 0 Å². The van der Waals surface area contributed by atoms with E-state index in [1.807, 2.05) is 0 Å². The van der Waals surface area contributed by atoms with Gasteiger partial charge >= 0.3 is 17.9 Å². The Kier molecular flexibility index (Phi) is 5.72. The maximum atomic E-state index is 12.4. The second-order valence-electron chi connectivity index (χ2n) is 2.35. The summed E-state index contributed by atoms with van der Waals surface area (Å²) >= 11 is 0. The topological polar surface area (TPSA) is 93.1 Å². The monoisotopic (exact) mass is 228 g/mol. The first kappa shape index (κ1) is 13.7. The Morgan fingerprint density at radius 2 is 1.80 bits per heavy atom. The van der Waals surface area contributed by atoms with Gasteiger partial charge in [-0.1, -0.05) is 0 Å². The minimum atomic E-state index is -4.54. The minimum absolute atomic E-state index is 0.0210. The number of esters is 1. The molecule has 0 unspecified atom stereocenters. The number of hydrogen-bond acceptors (Lipinski definition) is 5. The molecule has 0 heterocycles. The van der Waals surface area contributed by atoms with Crippen LogP contribution in [0.15, 0.2) is 0 Å². The molecule has 0 radical (unpaired) electrons. The Balaban J connectivity index is 3.79. The van der Waals surface area contributed by atoms with Crippen molar-refractivity contribution >= 4 is 11.9 Å². The third-order valence-corrected chi connectivity index (χ3v) is 1.22. The van der Waals surface area contributed by atoms with Crippen molar-refractivity contribution in [2.24, 2.45) is 0 Å². The zero-order valence-corrected chi connectivity index (χ0v) is 7.61. The lowest BCUT2D eigenvalue weighted by molar-refractivity contribution is -0.187. The second kappa shape index (κ2) is 6.25. The molecule has 0 aromatic rings. The molecule has 0 fully saturated rings. The average Bonchev–Trinajstić information content (AvgIpc) is 2.16. The van der Waals surface area contributed by atoms with Gasteiger partial charge in [0.25, 0.3) is 0 Å². The number of alkyl halides is 2. The van der Waals surface area contributed by atoms with Crippen LogP contribution in [0.2, 0.25) is 0 Å². The van der Waals surface area contributed by atoms with Crippen molar-refractivity contribution in [1.29, 1.82) is 0 Å². The maximum Gasteiger partial charge on any atom is 0.437 e. The molecule has 2 N–H and O–H groups in total. The van der Waals surface area contributed by atoms with Gasteiger partial charge in [0.1, 0.15) is 6.61 Å². The lowest BCUT2D eigenvalue weighted by Gasteiger charge is -2.10. The van der Waals surface area contributed by atoms with E-state index in [4.69, 9.17) is 10.2 Å². The van der Waals surface area contributed by atoms with Crippen molar-refractivity contribution in [3.8, 4) is 0 Å². The molecule has 6 nitrogen and oxygen atoms in total. The number of carbonyl (C=O) groups excluding carboxylic acids is 1. The molecular weight excluding hydrogens is 218 g/mol. The summed E-state index contributed by atoms with van der Waals surface area (Å²) in [6.45, 7) is -0.962. The zero-order valence-electron chi connectivity index (χ0n) is 7.61. The van der Waals surface area contributed by atoms with Gasteiger partial charge in [-0.05, 0) is 0 Å². The molecule has 0 bridgehead atoms. The first-order chi connectivity index (χ1) is 6.92. The van der Waals surface area contributed by atoms with Crippen molar-refractivity contribution in [2.75, 3.05) is 26.4 Å². The van der Waals surface area contributed by atoms with Crippen molar-refractivity contribution in [3.63, 3.8) is 0 Å². The summed E-state index contributed by atoms with van der Waals surface area (Å²) in [5.74, 6) is -9.25. The quantitative estimate of drug-likeness (QED) is 0.338. The highest BCUT2D eigenvalue weighted by atomic mass is 19.3. The van der Waals surface area contributed by atoms with Crippen LogP contribution in [0, 0.1) is 0 Å². The van der Waals surface area contributed by atoms with Crippen LogP contribution < -0.4 is 0 Å². The molecule has 0 saturated heterocycles. The molecule has 8 heteroatoms. The Morgan fingerprint density at radius 1 is 1.20 bits per heavy atom. The summed E-state index contributed by atoms with van der Waals surface area (Å²) in [6.07, 6.45) is 0. The molecule has 15 heavy (non-hydrogen) atoms. The molecule has 0 atom stereocenters. The van der Waals surface area contributed by atoms with Crippen LogP contribution in [0.5, 0.6) is 0 Å². The number of aliphatic hydroxyl groups excluding tert-OH is 1. The Labute approximate surface area is 83.4 Å². The SMILES string of the molecule is O=C(O)C(F)(F)C(=O)OCCOCCO. The standard InChI is InChI=1S/C7H10F2O6/c8-7(9,5(11)12)6(13)15-4-3-14-2-1-10/h10H,1-4H2,(H,11,12). The highest BCUT2D eigenvalue weighted by Gasteiger charge is 2.49. The normalized spacial score (nSPS) is 11.1. The van der Waals surface area contributed by atoms with Gasteiger partial charge in [0, 0.05) is 0 Å². The molecule has 0 rings (SSSR count). The third-order valence-electron chi connectivity index (χ3n) is 1.22. The largest absolute Gasteiger partial charge is 0.476 e. The molecule has 0 aromatic heterocycles. The summed E-state index contributed by atoms with van der Waals surface area (Å²) in [7, 11) is 0. The zero-order chi connectivity index (χ0) is 11.9. The molecule has 0 aromatic carbocycles. The Hall–Kier alpha value is -1.28. The maximum absolute atomic E-state index is 12.4. The summed E-state index contributed by atoms with van der Waals surface area (Å²) in [5, 5.41) is 16.2. The van der Waals surface area contributed by atoms with E-state index in [9.17, 15) is 18.4 Å². The number of aliphatic hydroxyl groups is 1. The number of ether oxygens (including phenoxy) is 2. The van der Waals surface area contributed by atoms with E-state index in [0.717, 1.165) is 0 Å². The van der Waals surface area contributed by atoms with Crippen molar-refractivity contribution in [2.45, 2.75) is 5.92 Å². The van der Waals surface area contributed by atoms with Gasteiger partial charge in [-0.3, -0.25) is 0 Å². The van der Waals surface area contributed by atoms with Gasteiger partial charge in [0.15, 0.2) is 0 Å². The number of aliphatic carboxylic acids is 1. The summed E-state index contributed by atoms with van der Waals surface area (Å²) in [6, 6.07) is 0. The molecule has 0 aliphatic rings. The average molecular weight is 228 g/mol. The number of carboxylic acid groups (broad SMARTS) is 1. The third kappa shape index (κ3) is 4.66. The van der Waals surface area contributed by atoms with Gasteiger partial charge in [0.2, 0.25) is 0 Å². The Morgan fingerprint density at radius 3 is 2.27 bits per heavy atom. The fourth-order valence-corrected chi connectivity index (χ4v) is 0.538. The smallest absolute Gasteiger partial charge is 0.437 e. The molecule has 0 aliphatic heterocycles. The molecule has 0 saturated carbocycles. The second-order valence-corrected chi connectivity index (χ2v) is 2.35. The summed E-state index contributed by atoms with van der Waals surface area (Å²) in [5.41, 5.74) is 0.